The number of halogens is 1. The van der Waals surface area contributed by atoms with Crippen LogP contribution in [0.5, 0.6) is 0 Å². The van der Waals surface area contributed by atoms with Crippen LogP contribution in [-0.2, 0) is 6.42 Å². The lowest BCUT2D eigenvalue weighted by molar-refractivity contribution is 0.399. The topological polar surface area (TPSA) is 28.7 Å². The van der Waals surface area contributed by atoms with Crippen LogP contribution in [0, 0.1) is 10.1 Å². The minimum absolute atomic E-state index is 0.216. The summed E-state index contributed by atoms with van der Waals surface area (Å²) in [6.45, 7) is 10.9. The van der Waals surface area contributed by atoms with Crippen molar-refractivity contribution in [3.05, 3.63) is 20.6 Å². The second-order valence-electron chi connectivity index (χ2n) is 5.61. The van der Waals surface area contributed by atoms with E-state index in [1.165, 1.54) is 0 Å². The monoisotopic (exact) mass is 302 g/mol. The molecular formula is C12H19BrN2S. The molecule has 16 heavy (non-hydrogen) atoms. The molecule has 0 aliphatic heterocycles. The standard InChI is InChI=1S/C12H19BrN2S/c1-7(2)10-9(13)11(16)15-8(14-10)6-12(3,4)5/h7H,6H2,1-5H3,(H,14,15,16). The molecule has 0 saturated carbocycles. The first-order chi connectivity index (χ1) is 7.20. The second-order valence-corrected chi connectivity index (χ2v) is 6.79. The van der Waals surface area contributed by atoms with Gasteiger partial charge < -0.3 is 4.98 Å². The Kier molecular flexibility index (Phi) is 4.29. The van der Waals surface area contributed by atoms with Crippen LogP contribution in [0.2, 0.25) is 0 Å². The predicted octanol–water partition coefficient (Wildman–Crippen LogP) is 4.61. The summed E-state index contributed by atoms with van der Waals surface area (Å²) in [5.74, 6) is 1.39. The molecule has 1 aromatic heterocycles. The maximum absolute atomic E-state index is 5.26. The van der Waals surface area contributed by atoms with Crippen LogP contribution < -0.4 is 0 Å². The largest absolute Gasteiger partial charge is 0.346 e. The van der Waals surface area contributed by atoms with Gasteiger partial charge in [0.1, 0.15) is 10.5 Å². The summed E-state index contributed by atoms with van der Waals surface area (Å²) in [6, 6.07) is 0. The SMILES string of the molecule is CC(C)c1[nH]c(CC(C)(C)C)nc(=S)c1Br. The van der Waals surface area contributed by atoms with Crippen molar-refractivity contribution >= 4 is 28.1 Å². The van der Waals surface area contributed by atoms with Gasteiger partial charge in [-0.15, -0.1) is 0 Å². The molecule has 0 fully saturated rings. The van der Waals surface area contributed by atoms with Crippen molar-refractivity contribution in [3.63, 3.8) is 0 Å². The maximum Gasteiger partial charge on any atom is 0.144 e. The van der Waals surface area contributed by atoms with Gasteiger partial charge in [-0.1, -0.05) is 46.8 Å². The van der Waals surface area contributed by atoms with Crippen molar-refractivity contribution < 1.29 is 0 Å². The fourth-order valence-corrected chi connectivity index (χ4v) is 2.37. The third-order valence-corrected chi connectivity index (χ3v) is 3.58. The van der Waals surface area contributed by atoms with Gasteiger partial charge in [-0.25, -0.2) is 4.98 Å². The highest BCUT2D eigenvalue weighted by Crippen LogP contribution is 2.25. The number of nitrogens with one attached hydrogen (secondary N) is 1. The Morgan fingerprint density at radius 1 is 1.38 bits per heavy atom. The number of H-pyrrole nitrogens is 1. The number of aromatic nitrogens is 2. The van der Waals surface area contributed by atoms with Gasteiger partial charge >= 0.3 is 0 Å². The van der Waals surface area contributed by atoms with Gasteiger partial charge in [0, 0.05) is 12.1 Å². The molecule has 1 N–H and O–H groups in total. The van der Waals surface area contributed by atoms with Gasteiger partial charge in [0.05, 0.1) is 4.47 Å². The Labute approximate surface area is 111 Å². The summed E-state index contributed by atoms with van der Waals surface area (Å²) in [6.07, 6.45) is 0.906. The van der Waals surface area contributed by atoms with Crippen molar-refractivity contribution in [2.24, 2.45) is 5.41 Å². The van der Waals surface area contributed by atoms with Gasteiger partial charge in [0.25, 0.3) is 0 Å². The van der Waals surface area contributed by atoms with Gasteiger partial charge in [-0.3, -0.25) is 0 Å². The smallest absolute Gasteiger partial charge is 0.144 e. The number of aromatic amines is 1. The molecule has 0 bridgehead atoms. The van der Waals surface area contributed by atoms with Crippen LogP contribution in [0.4, 0.5) is 0 Å². The summed E-state index contributed by atoms with van der Waals surface area (Å²) in [5.41, 5.74) is 1.35. The molecule has 90 valence electrons. The Bertz CT molecular complexity index is 430. The normalized spacial score (nSPS) is 12.2. The van der Waals surface area contributed by atoms with E-state index in [1.54, 1.807) is 0 Å². The summed E-state index contributed by atoms with van der Waals surface area (Å²) >= 11 is 8.76. The molecule has 0 aliphatic rings. The molecule has 2 nitrogen and oxygen atoms in total. The Morgan fingerprint density at radius 2 is 1.94 bits per heavy atom. The predicted molar refractivity (Wildman–Crippen MR) is 74.4 cm³/mol. The molecule has 0 unspecified atom stereocenters. The van der Waals surface area contributed by atoms with Gasteiger partial charge in [-0.05, 0) is 27.3 Å². The molecule has 0 aromatic carbocycles. The molecule has 1 heterocycles. The van der Waals surface area contributed by atoms with Gasteiger partial charge in [-0.2, -0.15) is 0 Å². The van der Waals surface area contributed by atoms with E-state index in [0.29, 0.717) is 10.6 Å². The van der Waals surface area contributed by atoms with E-state index < -0.39 is 0 Å². The van der Waals surface area contributed by atoms with Crippen LogP contribution in [-0.4, -0.2) is 9.97 Å². The van der Waals surface area contributed by atoms with E-state index in [4.69, 9.17) is 12.2 Å². The molecule has 0 spiro atoms. The lowest BCUT2D eigenvalue weighted by Crippen LogP contribution is -2.13. The van der Waals surface area contributed by atoms with Crippen LogP contribution in [0.15, 0.2) is 4.47 Å². The van der Waals surface area contributed by atoms with E-state index in [9.17, 15) is 0 Å². The van der Waals surface area contributed by atoms with Crippen molar-refractivity contribution in [3.8, 4) is 0 Å². The molecule has 4 heteroatoms. The zero-order chi connectivity index (χ0) is 12.5. The highest BCUT2D eigenvalue weighted by atomic mass is 79.9. The summed E-state index contributed by atoms with van der Waals surface area (Å²) in [7, 11) is 0. The molecule has 1 aromatic rings. The molecule has 0 amide bonds. The average molecular weight is 303 g/mol. The summed E-state index contributed by atoms with van der Waals surface area (Å²) in [4.78, 5) is 7.80. The van der Waals surface area contributed by atoms with Crippen molar-refractivity contribution in [1.82, 2.24) is 9.97 Å². The van der Waals surface area contributed by atoms with E-state index >= 15 is 0 Å². The molecule has 0 aliphatic carbocycles. The van der Waals surface area contributed by atoms with Crippen molar-refractivity contribution in [1.29, 1.82) is 0 Å². The van der Waals surface area contributed by atoms with E-state index in [1.807, 2.05) is 0 Å². The van der Waals surface area contributed by atoms with E-state index in [2.05, 4.69) is 60.5 Å². The lowest BCUT2D eigenvalue weighted by Gasteiger charge is -2.19. The first kappa shape index (κ1) is 13.8. The molecular weight excluding hydrogens is 284 g/mol. The van der Waals surface area contributed by atoms with Crippen LogP contribution in [0.1, 0.15) is 52.1 Å². The Balaban J connectivity index is 3.20. The zero-order valence-corrected chi connectivity index (χ0v) is 12.9. The van der Waals surface area contributed by atoms with Crippen LogP contribution >= 0.6 is 28.1 Å². The Morgan fingerprint density at radius 3 is 2.38 bits per heavy atom. The van der Waals surface area contributed by atoms with Crippen LogP contribution in [0.3, 0.4) is 0 Å². The molecule has 0 saturated heterocycles. The fraction of sp³-hybridized carbons (Fsp3) is 0.667. The molecule has 0 radical (unpaired) electrons. The fourth-order valence-electron chi connectivity index (χ4n) is 1.51. The number of hydrogen-bond acceptors (Lipinski definition) is 2. The average Bonchev–Trinajstić information content (AvgIpc) is 2.07. The van der Waals surface area contributed by atoms with E-state index in [-0.39, 0.29) is 5.41 Å². The van der Waals surface area contributed by atoms with Crippen LogP contribution in [0.25, 0.3) is 0 Å². The quantitative estimate of drug-likeness (QED) is 0.808. The first-order valence-electron chi connectivity index (χ1n) is 5.49. The summed E-state index contributed by atoms with van der Waals surface area (Å²) in [5, 5.41) is 0. The third kappa shape index (κ3) is 3.67. The second kappa shape index (κ2) is 4.96. The lowest BCUT2D eigenvalue weighted by atomic mass is 9.92. The minimum Gasteiger partial charge on any atom is -0.346 e. The van der Waals surface area contributed by atoms with Gasteiger partial charge in [0.15, 0.2) is 0 Å². The summed E-state index contributed by atoms with van der Waals surface area (Å²) < 4.78 is 1.58. The molecule has 0 atom stereocenters. The van der Waals surface area contributed by atoms with Crippen molar-refractivity contribution in [2.45, 2.75) is 47.0 Å². The number of rotatable bonds is 2. The maximum atomic E-state index is 5.26. The highest BCUT2D eigenvalue weighted by Gasteiger charge is 2.15. The van der Waals surface area contributed by atoms with E-state index in [0.717, 1.165) is 22.4 Å². The number of hydrogen-bond donors (Lipinski definition) is 1. The Hall–Kier alpha value is -0.220. The van der Waals surface area contributed by atoms with Gasteiger partial charge in [0.2, 0.25) is 0 Å². The first-order valence-corrected chi connectivity index (χ1v) is 6.69. The third-order valence-electron chi connectivity index (χ3n) is 2.21. The molecule has 1 rings (SSSR count). The minimum atomic E-state index is 0.216. The van der Waals surface area contributed by atoms with Crippen molar-refractivity contribution in [2.75, 3.05) is 0 Å². The highest BCUT2D eigenvalue weighted by molar-refractivity contribution is 9.10. The number of nitrogens with zero attached hydrogens (tertiary/aromatic N) is 1. The zero-order valence-electron chi connectivity index (χ0n) is 10.5.